The van der Waals surface area contributed by atoms with Gasteiger partial charge in [0.25, 0.3) is 5.91 Å². The monoisotopic (exact) mass is 416 g/mol. The van der Waals surface area contributed by atoms with Gasteiger partial charge in [-0.05, 0) is 31.4 Å². The number of nitrogens with zero attached hydrogens (tertiary/aromatic N) is 6. The summed E-state index contributed by atoms with van der Waals surface area (Å²) in [4.78, 5) is 25.5. The number of hydrogen-bond acceptors (Lipinski definition) is 7. The van der Waals surface area contributed by atoms with E-state index in [1.165, 1.54) is 0 Å². The Bertz CT molecular complexity index is 1010. The maximum absolute atomic E-state index is 13.1. The third kappa shape index (κ3) is 3.73. The molecule has 3 aliphatic rings. The first-order chi connectivity index (χ1) is 14.0. The molecule has 0 spiro atoms. The van der Waals surface area contributed by atoms with Crippen molar-refractivity contribution in [2.75, 3.05) is 42.6 Å². The van der Waals surface area contributed by atoms with Crippen LogP contribution >= 0.6 is 0 Å². The molecule has 3 fully saturated rings. The summed E-state index contributed by atoms with van der Waals surface area (Å²) in [5, 5.41) is 4.59. The molecule has 1 aliphatic carbocycles. The van der Waals surface area contributed by atoms with Gasteiger partial charge in [0.15, 0.2) is 15.5 Å². The van der Waals surface area contributed by atoms with E-state index in [0.29, 0.717) is 50.2 Å². The van der Waals surface area contributed by atoms with Gasteiger partial charge in [-0.1, -0.05) is 0 Å². The highest BCUT2D eigenvalue weighted by Gasteiger charge is 2.36. The van der Waals surface area contributed by atoms with Crippen molar-refractivity contribution in [3.63, 3.8) is 0 Å². The van der Waals surface area contributed by atoms with Crippen LogP contribution in [0.25, 0.3) is 0 Å². The van der Waals surface area contributed by atoms with Crippen LogP contribution in [0, 0.1) is 0 Å². The number of aromatic nitrogens is 4. The number of hydrogen-bond donors (Lipinski definition) is 0. The molecule has 2 aromatic heterocycles. The Morgan fingerprint density at radius 3 is 2.38 bits per heavy atom. The normalized spacial score (nSPS) is 24.1. The molecule has 0 radical (unpaired) electrons. The predicted molar refractivity (Wildman–Crippen MR) is 107 cm³/mol. The molecule has 2 aromatic rings. The van der Waals surface area contributed by atoms with Crippen LogP contribution in [0.4, 0.5) is 5.95 Å². The number of carbonyl (C=O) groups is 1. The van der Waals surface area contributed by atoms with E-state index in [-0.39, 0.29) is 23.5 Å². The van der Waals surface area contributed by atoms with Gasteiger partial charge in [0.2, 0.25) is 5.95 Å². The Kier molecular flexibility index (Phi) is 4.53. The highest BCUT2D eigenvalue weighted by molar-refractivity contribution is 7.91. The quantitative estimate of drug-likeness (QED) is 0.729. The second-order valence-corrected chi connectivity index (χ2v) is 10.3. The van der Waals surface area contributed by atoms with E-state index in [1.54, 1.807) is 18.5 Å². The molecular formula is C19H24N6O3S. The van der Waals surface area contributed by atoms with Crippen molar-refractivity contribution < 1.29 is 13.2 Å². The zero-order valence-corrected chi connectivity index (χ0v) is 17.0. The number of piperazine rings is 1. The van der Waals surface area contributed by atoms with Crippen molar-refractivity contribution in [2.45, 2.75) is 31.2 Å². The molecule has 2 saturated heterocycles. The highest BCUT2D eigenvalue weighted by Crippen LogP contribution is 2.42. The van der Waals surface area contributed by atoms with Crippen LogP contribution < -0.4 is 4.90 Å². The highest BCUT2D eigenvalue weighted by atomic mass is 32.2. The summed E-state index contributed by atoms with van der Waals surface area (Å²) in [6, 6.07) is 3.52. The lowest BCUT2D eigenvalue weighted by atomic mass is 10.2. The van der Waals surface area contributed by atoms with Crippen molar-refractivity contribution in [1.82, 2.24) is 24.6 Å². The SMILES string of the molecule is O=C(c1cc(C2CC2)n(C2CCS(=O)(=O)C2)n1)N1CCN(c2ncccn2)CC1. The van der Waals surface area contributed by atoms with E-state index in [9.17, 15) is 13.2 Å². The van der Waals surface area contributed by atoms with E-state index < -0.39 is 9.84 Å². The van der Waals surface area contributed by atoms with Gasteiger partial charge in [-0.3, -0.25) is 9.48 Å². The van der Waals surface area contributed by atoms with E-state index in [2.05, 4.69) is 20.0 Å². The lowest BCUT2D eigenvalue weighted by Crippen LogP contribution is -2.49. The zero-order valence-electron chi connectivity index (χ0n) is 16.1. The molecule has 0 aromatic carbocycles. The largest absolute Gasteiger partial charge is 0.337 e. The van der Waals surface area contributed by atoms with E-state index in [0.717, 1.165) is 18.5 Å². The standard InChI is InChI=1S/C19H24N6O3S/c26-18(23-7-9-24(10-8-23)19-20-5-1-6-21-19)16-12-17(14-2-3-14)25(22-16)15-4-11-29(27,28)13-15/h1,5-6,12,14-15H,2-4,7-11,13H2. The molecule has 1 unspecified atom stereocenters. The fourth-order valence-corrected chi connectivity index (χ4v) is 5.88. The van der Waals surface area contributed by atoms with Crippen molar-refractivity contribution in [1.29, 1.82) is 0 Å². The van der Waals surface area contributed by atoms with Gasteiger partial charge in [-0.15, -0.1) is 0 Å². The third-order valence-electron chi connectivity index (χ3n) is 5.94. The summed E-state index contributed by atoms with van der Waals surface area (Å²) < 4.78 is 25.7. The van der Waals surface area contributed by atoms with Crippen LogP contribution in [-0.2, 0) is 9.84 Å². The van der Waals surface area contributed by atoms with E-state index in [4.69, 9.17) is 0 Å². The minimum Gasteiger partial charge on any atom is -0.337 e. The molecule has 1 saturated carbocycles. The maximum Gasteiger partial charge on any atom is 0.274 e. The van der Waals surface area contributed by atoms with Gasteiger partial charge in [-0.2, -0.15) is 5.10 Å². The zero-order chi connectivity index (χ0) is 20.0. The van der Waals surface area contributed by atoms with Gasteiger partial charge in [0.05, 0.1) is 17.5 Å². The fraction of sp³-hybridized carbons (Fsp3) is 0.579. The summed E-state index contributed by atoms with van der Waals surface area (Å²) >= 11 is 0. The molecule has 2 aliphatic heterocycles. The topological polar surface area (TPSA) is 101 Å². The summed E-state index contributed by atoms with van der Waals surface area (Å²) in [6.07, 6.45) is 6.17. The summed E-state index contributed by atoms with van der Waals surface area (Å²) in [6.45, 7) is 2.51. The minimum absolute atomic E-state index is 0.0832. The second kappa shape index (κ2) is 7.08. The Balaban J connectivity index is 1.31. The Morgan fingerprint density at radius 1 is 1.03 bits per heavy atom. The molecule has 10 heteroatoms. The third-order valence-corrected chi connectivity index (χ3v) is 7.69. The molecule has 1 amide bonds. The number of sulfone groups is 1. The van der Waals surface area contributed by atoms with E-state index >= 15 is 0 Å². The molecular weight excluding hydrogens is 392 g/mol. The van der Waals surface area contributed by atoms with Gasteiger partial charge in [-0.25, -0.2) is 18.4 Å². The first-order valence-corrected chi connectivity index (χ1v) is 11.9. The van der Waals surface area contributed by atoms with Gasteiger partial charge in [0, 0.05) is 50.2 Å². The lowest BCUT2D eigenvalue weighted by Gasteiger charge is -2.34. The molecule has 5 rings (SSSR count). The molecule has 29 heavy (non-hydrogen) atoms. The number of carbonyl (C=O) groups excluding carboxylic acids is 1. The first-order valence-electron chi connectivity index (χ1n) is 10.1. The van der Waals surface area contributed by atoms with Crippen molar-refractivity contribution in [2.24, 2.45) is 0 Å². The smallest absolute Gasteiger partial charge is 0.274 e. The average Bonchev–Trinajstić information content (AvgIpc) is 3.39. The fourth-order valence-electron chi connectivity index (χ4n) is 4.18. The van der Waals surface area contributed by atoms with Crippen LogP contribution in [0.5, 0.6) is 0 Å². The van der Waals surface area contributed by atoms with Gasteiger partial charge >= 0.3 is 0 Å². The van der Waals surface area contributed by atoms with Gasteiger partial charge in [0.1, 0.15) is 0 Å². The number of anilines is 1. The first kappa shape index (κ1) is 18.5. The lowest BCUT2D eigenvalue weighted by molar-refractivity contribution is 0.0739. The Labute approximate surface area is 169 Å². The van der Waals surface area contributed by atoms with Gasteiger partial charge < -0.3 is 9.80 Å². The minimum atomic E-state index is -3.00. The van der Waals surface area contributed by atoms with Crippen LogP contribution in [0.1, 0.15) is 47.4 Å². The Morgan fingerprint density at radius 2 is 1.76 bits per heavy atom. The summed E-state index contributed by atoms with van der Waals surface area (Å²) in [5.74, 6) is 1.33. The molecule has 4 heterocycles. The average molecular weight is 417 g/mol. The second-order valence-electron chi connectivity index (χ2n) is 8.06. The van der Waals surface area contributed by atoms with Crippen LogP contribution in [0.15, 0.2) is 24.5 Å². The number of amides is 1. The maximum atomic E-state index is 13.1. The van der Waals surface area contributed by atoms with Crippen LogP contribution in [-0.4, -0.2) is 76.7 Å². The van der Waals surface area contributed by atoms with Crippen LogP contribution in [0.2, 0.25) is 0 Å². The predicted octanol–water partition coefficient (Wildman–Crippen LogP) is 0.872. The molecule has 154 valence electrons. The summed E-state index contributed by atoms with van der Waals surface area (Å²) in [5.41, 5.74) is 1.45. The Hall–Kier alpha value is -2.49. The van der Waals surface area contributed by atoms with Crippen LogP contribution in [0.3, 0.4) is 0 Å². The van der Waals surface area contributed by atoms with Crippen molar-refractivity contribution in [3.05, 3.63) is 35.9 Å². The van der Waals surface area contributed by atoms with E-state index in [1.807, 2.05) is 15.6 Å². The summed E-state index contributed by atoms with van der Waals surface area (Å²) in [7, 11) is -3.00. The molecule has 1 atom stereocenters. The molecule has 0 N–H and O–H groups in total. The van der Waals surface area contributed by atoms with Crippen molar-refractivity contribution >= 4 is 21.7 Å². The molecule has 0 bridgehead atoms. The number of rotatable bonds is 4. The molecule has 9 nitrogen and oxygen atoms in total. The van der Waals surface area contributed by atoms with Crippen molar-refractivity contribution in [3.8, 4) is 0 Å².